The van der Waals surface area contributed by atoms with E-state index in [1.54, 1.807) is 11.3 Å². The van der Waals surface area contributed by atoms with Crippen LogP contribution in [0.4, 0.5) is 0 Å². The lowest BCUT2D eigenvalue weighted by atomic mass is 9.98. The number of rotatable bonds is 4. The number of hydrogen-bond donors (Lipinski definition) is 1. The molecule has 1 unspecified atom stereocenters. The molecule has 90 valence electrons. The zero-order valence-electron chi connectivity index (χ0n) is 9.82. The molecule has 3 heteroatoms. The average molecular weight is 240 g/mol. The van der Waals surface area contributed by atoms with Crippen LogP contribution >= 0.6 is 11.3 Å². The fourth-order valence-corrected chi connectivity index (χ4v) is 3.16. The SMILES string of the molecule is Cc1ccsc1C(O)COC1CCCCC1. The van der Waals surface area contributed by atoms with E-state index in [4.69, 9.17) is 4.74 Å². The van der Waals surface area contributed by atoms with Crippen molar-refractivity contribution in [2.75, 3.05) is 6.61 Å². The van der Waals surface area contributed by atoms with Crippen LogP contribution in [0.5, 0.6) is 0 Å². The summed E-state index contributed by atoms with van der Waals surface area (Å²) in [7, 11) is 0. The number of aryl methyl sites for hydroxylation is 1. The lowest BCUT2D eigenvalue weighted by Crippen LogP contribution is -2.20. The van der Waals surface area contributed by atoms with Gasteiger partial charge >= 0.3 is 0 Å². The van der Waals surface area contributed by atoms with E-state index in [-0.39, 0.29) is 0 Å². The van der Waals surface area contributed by atoms with Gasteiger partial charge in [0, 0.05) is 4.88 Å². The van der Waals surface area contributed by atoms with Gasteiger partial charge in [0.2, 0.25) is 0 Å². The maximum Gasteiger partial charge on any atom is 0.112 e. The fourth-order valence-electron chi connectivity index (χ4n) is 2.26. The highest BCUT2D eigenvalue weighted by atomic mass is 32.1. The zero-order valence-corrected chi connectivity index (χ0v) is 10.6. The van der Waals surface area contributed by atoms with E-state index >= 15 is 0 Å². The van der Waals surface area contributed by atoms with Crippen molar-refractivity contribution in [2.24, 2.45) is 0 Å². The van der Waals surface area contributed by atoms with E-state index in [1.165, 1.54) is 24.8 Å². The maximum atomic E-state index is 10.0. The molecule has 1 heterocycles. The Bertz CT molecular complexity index is 315. The van der Waals surface area contributed by atoms with Gasteiger partial charge in [-0.2, -0.15) is 0 Å². The maximum absolute atomic E-state index is 10.0. The smallest absolute Gasteiger partial charge is 0.112 e. The Morgan fingerprint density at radius 1 is 1.44 bits per heavy atom. The lowest BCUT2D eigenvalue weighted by Gasteiger charge is -2.23. The number of hydrogen-bond acceptors (Lipinski definition) is 3. The van der Waals surface area contributed by atoms with E-state index < -0.39 is 6.10 Å². The molecule has 1 atom stereocenters. The monoisotopic (exact) mass is 240 g/mol. The van der Waals surface area contributed by atoms with Gasteiger partial charge in [0.1, 0.15) is 6.10 Å². The third-order valence-corrected chi connectivity index (χ3v) is 4.37. The van der Waals surface area contributed by atoms with Crippen molar-refractivity contribution in [3.8, 4) is 0 Å². The van der Waals surface area contributed by atoms with Gasteiger partial charge in [-0.1, -0.05) is 19.3 Å². The molecule has 1 N–H and O–H groups in total. The minimum absolute atomic E-state index is 0.378. The van der Waals surface area contributed by atoms with Gasteiger partial charge in [0.15, 0.2) is 0 Å². The largest absolute Gasteiger partial charge is 0.385 e. The van der Waals surface area contributed by atoms with Crippen molar-refractivity contribution in [2.45, 2.75) is 51.2 Å². The molecule has 1 saturated carbocycles. The van der Waals surface area contributed by atoms with Crippen molar-refractivity contribution in [3.05, 3.63) is 21.9 Å². The second-order valence-corrected chi connectivity index (χ2v) is 5.52. The summed E-state index contributed by atoms with van der Waals surface area (Å²) >= 11 is 1.61. The Labute approximate surface area is 101 Å². The summed E-state index contributed by atoms with van der Waals surface area (Å²) in [6.07, 6.45) is 6.15. The number of aliphatic hydroxyl groups is 1. The van der Waals surface area contributed by atoms with Crippen LogP contribution in [-0.2, 0) is 4.74 Å². The van der Waals surface area contributed by atoms with Crippen molar-refractivity contribution in [1.82, 2.24) is 0 Å². The molecule has 0 saturated heterocycles. The molecule has 1 aromatic rings. The van der Waals surface area contributed by atoms with Crippen LogP contribution < -0.4 is 0 Å². The molecule has 0 amide bonds. The number of thiophene rings is 1. The normalized spacial score (nSPS) is 19.9. The van der Waals surface area contributed by atoms with Gasteiger partial charge in [-0.05, 0) is 36.8 Å². The van der Waals surface area contributed by atoms with Crippen molar-refractivity contribution in [1.29, 1.82) is 0 Å². The molecule has 1 aliphatic carbocycles. The summed E-state index contributed by atoms with van der Waals surface area (Å²) in [6, 6.07) is 2.05. The molecule has 0 bridgehead atoms. The summed E-state index contributed by atoms with van der Waals surface area (Å²) in [6.45, 7) is 2.49. The predicted molar refractivity (Wildman–Crippen MR) is 66.8 cm³/mol. The second kappa shape index (κ2) is 5.80. The van der Waals surface area contributed by atoms with Crippen molar-refractivity contribution in [3.63, 3.8) is 0 Å². The Hall–Kier alpha value is -0.380. The third kappa shape index (κ3) is 3.06. The minimum Gasteiger partial charge on any atom is -0.385 e. The molecule has 0 aliphatic heterocycles. The van der Waals surface area contributed by atoms with Gasteiger partial charge < -0.3 is 9.84 Å². The summed E-state index contributed by atoms with van der Waals surface area (Å²) in [5.41, 5.74) is 1.17. The minimum atomic E-state index is -0.443. The van der Waals surface area contributed by atoms with E-state index in [1.807, 2.05) is 18.4 Å². The van der Waals surface area contributed by atoms with Crippen molar-refractivity contribution < 1.29 is 9.84 Å². The molecule has 1 aliphatic rings. The molecular weight excluding hydrogens is 220 g/mol. The Balaban J connectivity index is 1.79. The van der Waals surface area contributed by atoms with Gasteiger partial charge in [0.25, 0.3) is 0 Å². The van der Waals surface area contributed by atoms with E-state index in [0.717, 1.165) is 17.7 Å². The molecule has 0 radical (unpaired) electrons. The first-order valence-electron chi connectivity index (χ1n) is 6.11. The topological polar surface area (TPSA) is 29.5 Å². The van der Waals surface area contributed by atoms with Crippen LogP contribution in [0.3, 0.4) is 0 Å². The van der Waals surface area contributed by atoms with Crippen LogP contribution in [0.1, 0.15) is 48.6 Å². The summed E-state index contributed by atoms with van der Waals surface area (Å²) in [4.78, 5) is 1.05. The Morgan fingerprint density at radius 3 is 2.81 bits per heavy atom. The number of aliphatic hydroxyl groups excluding tert-OH is 1. The Kier molecular flexibility index (Phi) is 4.38. The second-order valence-electron chi connectivity index (χ2n) is 4.58. The number of ether oxygens (including phenoxy) is 1. The molecule has 0 aromatic carbocycles. The first-order chi connectivity index (χ1) is 7.77. The predicted octanol–water partition coefficient (Wildman–Crippen LogP) is 3.44. The highest BCUT2D eigenvalue weighted by Crippen LogP contribution is 2.26. The Morgan fingerprint density at radius 2 is 2.19 bits per heavy atom. The molecular formula is C13H20O2S. The van der Waals surface area contributed by atoms with Crippen LogP contribution in [0.2, 0.25) is 0 Å². The summed E-state index contributed by atoms with van der Waals surface area (Å²) in [5, 5.41) is 12.0. The zero-order chi connectivity index (χ0) is 11.4. The highest BCUT2D eigenvalue weighted by Gasteiger charge is 2.17. The molecule has 1 fully saturated rings. The lowest BCUT2D eigenvalue weighted by molar-refractivity contribution is -0.0236. The molecule has 1 aromatic heterocycles. The van der Waals surface area contributed by atoms with E-state index in [0.29, 0.717) is 12.7 Å². The molecule has 2 rings (SSSR count). The highest BCUT2D eigenvalue weighted by molar-refractivity contribution is 7.10. The van der Waals surface area contributed by atoms with E-state index in [2.05, 4.69) is 0 Å². The van der Waals surface area contributed by atoms with Crippen LogP contribution in [0, 0.1) is 6.92 Å². The third-order valence-electron chi connectivity index (χ3n) is 3.25. The van der Waals surface area contributed by atoms with Crippen LogP contribution in [0.25, 0.3) is 0 Å². The quantitative estimate of drug-likeness (QED) is 0.873. The van der Waals surface area contributed by atoms with E-state index in [9.17, 15) is 5.11 Å². The first-order valence-corrected chi connectivity index (χ1v) is 6.99. The summed E-state index contributed by atoms with van der Waals surface area (Å²) in [5.74, 6) is 0. The van der Waals surface area contributed by atoms with Crippen molar-refractivity contribution >= 4 is 11.3 Å². The first kappa shape index (κ1) is 12.1. The average Bonchev–Trinajstić information content (AvgIpc) is 2.74. The van der Waals surface area contributed by atoms with Crippen LogP contribution in [-0.4, -0.2) is 17.8 Å². The van der Waals surface area contributed by atoms with Crippen LogP contribution in [0.15, 0.2) is 11.4 Å². The van der Waals surface area contributed by atoms with Gasteiger partial charge in [0.05, 0.1) is 12.7 Å². The standard InChI is InChI=1S/C13H20O2S/c1-10-7-8-16-13(10)12(14)9-15-11-5-3-2-4-6-11/h7-8,11-12,14H,2-6,9H2,1H3. The van der Waals surface area contributed by atoms with Gasteiger partial charge in [-0.15, -0.1) is 11.3 Å². The fraction of sp³-hybridized carbons (Fsp3) is 0.692. The van der Waals surface area contributed by atoms with Gasteiger partial charge in [-0.3, -0.25) is 0 Å². The van der Waals surface area contributed by atoms with Gasteiger partial charge in [-0.25, -0.2) is 0 Å². The summed E-state index contributed by atoms with van der Waals surface area (Å²) < 4.78 is 5.78. The molecule has 0 spiro atoms. The molecule has 16 heavy (non-hydrogen) atoms. The molecule has 2 nitrogen and oxygen atoms in total.